The summed E-state index contributed by atoms with van der Waals surface area (Å²) < 4.78 is 149. The predicted octanol–water partition coefficient (Wildman–Crippen LogP) is 5.89. The molecule has 9 amide bonds. The van der Waals surface area contributed by atoms with Crippen LogP contribution in [0.25, 0.3) is 0 Å². The first-order valence-electron chi connectivity index (χ1n) is 36.8. The number of para-hydroxylation sites is 1. The third-order valence-corrected chi connectivity index (χ3v) is 24.4. The van der Waals surface area contributed by atoms with Gasteiger partial charge in [0.05, 0.1) is 42.9 Å². The molecular formula is C73H89F5N12O21S2. The number of carbonyl (C=O) groups is 10. The highest BCUT2D eigenvalue weighted by Crippen LogP contribution is 2.48. The van der Waals surface area contributed by atoms with Crippen molar-refractivity contribution in [1.82, 2.24) is 54.8 Å². The summed E-state index contributed by atoms with van der Waals surface area (Å²) in [5.41, 5.74) is -4.46. The van der Waals surface area contributed by atoms with Crippen LogP contribution in [-0.2, 0) is 93.9 Å². The molecule has 9 aliphatic rings. The first-order valence-corrected chi connectivity index (χ1v) is 39.8. The Bertz CT molecular complexity index is 4580. The number of nitro benzene ring substituents is 1. The Balaban J connectivity index is 0.000000223. The zero-order valence-corrected chi connectivity index (χ0v) is 64.2. The van der Waals surface area contributed by atoms with E-state index in [0.29, 0.717) is 35.1 Å². The lowest BCUT2D eigenvalue weighted by Crippen LogP contribution is -2.58. The van der Waals surface area contributed by atoms with E-state index in [9.17, 15) is 102 Å². The molecule has 0 bridgehead atoms. The second-order valence-electron chi connectivity index (χ2n) is 31.4. The minimum atomic E-state index is -4.61. The van der Waals surface area contributed by atoms with E-state index in [4.69, 9.17) is 18.9 Å². The highest BCUT2D eigenvalue weighted by Gasteiger charge is 2.64. The highest BCUT2D eigenvalue weighted by molar-refractivity contribution is 7.91. The van der Waals surface area contributed by atoms with Gasteiger partial charge in [0, 0.05) is 81.1 Å². The number of alkyl carbamates (subject to hydrolysis) is 2. The molecule has 3 aromatic rings. The fraction of sp³-hybridized carbons (Fsp3) is 0.562. The van der Waals surface area contributed by atoms with Crippen molar-refractivity contribution in [2.45, 2.75) is 207 Å². The molecule has 0 radical (unpaired) electrons. The Morgan fingerprint density at radius 3 is 1.57 bits per heavy atom. The minimum absolute atomic E-state index is 0.0171. The molecule has 0 aromatic heterocycles. The fourth-order valence-electron chi connectivity index (χ4n) is 14.7. The van der Waals surface area contributed by atoms with E-state index in [1.54, 1.807) is 71.9 Å². The van der Waals surface area contributed by atoms with Crippen molar-refractivity contribution in [3.05, 3.63) is 129 Å². The van der Waals surface area contributed by atoms with E-state index in [1.807, 2.05) is 0 Å². The molecule has 6 aliphatic heterocycles. The van der Waals surface area contributed by atoms with Crippen LogP contribution in [0.15, 0.2) is 89.9 Å². The van der Waals surface area contributed by atoms with E-state index in [1.165, 1.54) is 52.3 Å². The summed E-state index contributed by atoms with van der Waals surface area (Å²) in [5.74, 6) is -8.32. The quantitative estimate of drug-likeness (QED) is 0.0405. The van der Waals surface area contributed by atoms with Crippen LogP contribution < -0.4 is 26.0 Å². The average Bonchev–Trinajstić information content (AvgIpc) is 1.58. The number of nitrogens with zero attached hydrogens (tertiary/aromatic N) is 7. The lowest BCUT2D eigenvalue weighted by molar-refractivity contribution is -0.387. The third kappa shape index (κ3) is 19.9. The zero-order valence-electron chi connectivity index (χ0n) is 62.6. The maximum Gasteiger partial charge on any atom is 0.410 e. The summed E-state index contributed by atoms with van der Waals surface area (Å²) in [4.78, 5) is 152. The SMILES string of the molecule is CC(C)(C)OC(=O)N[C@H]1CCN(CC(F)(F)F)CC/C=C\[C@@H]2C[C@@]2(C(=O)NS(=O)(=O)C2CC2)NC(=O)[C@@H]2C[C@@H](OC(=O)N3Cc4cccc(F)c4C3)CN2C1=O.CC(C)(C)OC(=O)N[C@H]1CCN(S(=O)(=O)c2ccccc2[N+](=O)[O-])CC/C=C\[C@@H]2C[C@@]2(C(=O)O)NC(=O)[C@@H]2C[C@@H](OC(=O)N3Cc4cccc(F)c4C3)CN2C1=O. The molecule has 10 atom stereocenters. The second-order valence-corrected chi connectivity index (χ2v) is 35.3. The van der Waals surface area contributed by atoms with Gasteiger partial charge in [-0.1, -0.05) is 60.7 Å². The average molecular weight is 1630 g/mol. The molecule has 33 nitrogen and oxygen atoms in total. The summed E-state index contributed by atoms with van der Waals surface area (Å²) in [7, 11) is -8.67. The number of alkyl halides is 3. The predicted molar refractivity (Wildman–Crippen MR) is 385 cm³/mol. The van der Waals surface area contributed by atoms with Crippen molar-refractivity contribution < 1.29 is 116 Å². The van der Waals surface area contributed by atoms with Crippen LogP contribution in [0.2, 0.25) is 0 Å². The first kappa shape index (κ1) is 83.8. The summed E-state index contributed by atoms with van der Waals surface area (Å²) >= 11 is 0. The lowest BCUT2D eigenvalue weighted by atomic mass is 10.1. The number of rotatable bonds is 12. The molecule has 113 heavy (non-hydrogen) atoms. The van der Waals surface area contributed by atoms with Crippen molar-refractivity contribution in [2.75, 3.05) is 45.8 Å². The topological polar surface area (TPSA) is 419 Å². The van der Waals surface area contributed by atoms with Gasteiger partial charge in [0.15, 0.2) is 4.90 Å². The van der Waals surface area contributed by atoms with Gasteiger partial charge in [0.25, 0.3) is 11.6 Å². The number of sulfonamides is 2. The normalized spacial score (nSPS) is 27.1. The van der Waals surface area contributed by atoms with Crippen molar-refractivity contribution in [2.24, 2.45) is 11.8 Å². The Hall–Kier alpha value is -10.1. The maximum absolute atomic E-state index is 14.6. The molecule has 0 unspecified atom stereocenters. The monoisotopic (exact) mass is 1630 g/mol. The molecule has 40 heteroatoms. The standard InChI is InChI=1S/C37H43FN6O12S.C36H46F4N6O9S/c1-36(2,3)56-34(49)39-27-14-16-42(57(53,54)30-13-5-4-12-28(30)44(51)52)15-7-6-10-23-18-37(23,33(47)48)40-31(45)29-17-24(20-43(29)32(27)46)55-35(50)41-19-22-9-8-11-26(38)25(22)21-41;1-34(2,3)55-32(50)41-27-12-14-44(20-36(38,39)40)13-5-4-8-22-16-35(22,31(49)43-56(52,53)24-10-11-24)42-29(47)28-15-23(18-46(28)30(27)48)54-33(51)45-17-21-7-6-9-26(37)25(21)19-45/h4-6,8-13,23-24,27,29H,7,14-21H2,1-3H3,(H,39,49)(H,40,45)(H,47,48);4,6-9,22-24,27-28H,5,10-20H2,1-3H3,(H,41,50)(H,42,47)(H,43,49)/b10-6-;8-4-/t23-,24-,27+,29+,37-;22-,23-,27+,28+,35-/m11/s1. The number of nitro groups is 1. The van der Waals surface area contributed by atoms with E-state index in [2.05, 4.69) is 26.0 Å². The van der Waals surface area contributed by atoms with E-state index < -0.39 is 215 Å². The number of halogens is 5. The minimum Gasteiger partial charge on any atom is -0.479 e. The molecule has 3 saturated carbocycles. The Morgan fingerprint density at radius 1 is 0.628 bits per heavy atom. The van der Waals surface area contributed by atoms with Gasteiger partial charge in [-0.15, -0.1) is 0 Å². The smallest absolute Gasteiger partial charge is 0.410 e. The molecule has 0 spiro atoms. The van der Waals surface area contributed by atoms with Gasteiger partial charge < -0.3 is 55.1 Å². The summed E-state index contributed by atoms with van der Waals surface area (Å²) in [5, 5.41) is 31.5. The van der Waals surface area contributed by atoms with Crippen LogP contribution in [0.1, 0.15) is 128 Å². The number of amides is 9. The van der Waals surface area contributed by atoms with Crippen LogP contribution in [0, 0.1) is 33.6 Å². The Kier molecular flexibility index (Phi) is 24.3. The van der Waals surface area contributed by atoms with E-state index in [-0.39, 0.29) is 97.3 Å². The van der Waals surface area contributed by atoms with Crippen molar-refractivity contribution in [1.29, 1.82) is 0 Å². The van der Waals surface area contributed by atoms with Crippen LogP contribution in [0.5, 0.6) is 0 Å². The molecule has 6 heterocycles. The molecule has 614 valence electrons. The van der Waals surface area contributed by atoms with Gasteiger partial charge >= 0.3 is 36.5 Å². The number of carboxylic acid groups (broad SMARTS) is 1. The molecule has 5 fully saturated rings. The van der Waals surface area contributed by atoms with Crippen LogP contribution in [0.4, 0.5) is 46.8 Å². The lowest BCUT2D eigenvalue weighted by Gasteiger charge is -2.31. The Morgan fingerprint density at radius 2 is 1.10 bits per heavy atom. The number of ether oxygens (including phenoxy) is 4. The number of nitrogens with one attached hydrogen (secondary N) is 5. The first-order chi connectivity index (χ1) is 52.9. The van der Waals surface area contributed by atoms with E-state index in [0.717, 1.165) is 31.1 Å². The van der Waals surface area contributed by atoms with E-state index >= 15 is 0 Å². The molecule has 12 rings (SSSR count). The van der Waals surface area contributed by atoms with Crippen molar-refractivity contribution in [3.8, 4) is 0 Å². The highest BCUT2D eigenvalue weighted by atomic mass is 32.2. The van der Waals surface area contributed by atoms with Gasteiger partial charge in [-0.05, 0) is 122 Å². The molecular weight excluding hydrogens is 1540 g/mol. The maximum atomic E-state index is 14.6. The van der Waals surface area contributed by atoms with Crippen molar-refractivity contribution in [3.63, 3.8) is 0 Å². The van der Waals surface area contributed by atoms with Crippen molar-refractivity contribution >= 4 is 85.6 Å². The summed E-state index contributed by atoms with van der Waals surface area (Å²) in [6.45, 7) is 6.11. The molecule has 3 aliphatic carbocycles. The molecule has 3 aromatic carbocycles. The number of carboxylic acids is 1. The fourth-order valence-corrected chi connectivity index (χ4v) is 17.7. The van der Waals surface area contributed by atoms with Gasteiger partial charge in [-0.3, -0.25) is 53.5 Å². The number of fused-ring (bicyclic) bond motifs is 6. The molecule has 6 N–H and O–H groups in total. The van der Waals surface area contributed by atoms with Gasteiger partial charge in [0.2, 0.25) is 43.7 Å². The zero-order chi connectivity index (χ0) is 82.2. The molecule has 2 saturated heterocycles. The second kappa shape index (κ2) is 32.8. The Labute approximate surface area is 646 Å². The number of aliphatic carboxylic acids is 1. The summed E-state index contributed by atoms with van der Waals surface area (Å²) in [6.07, 6.45) is -5.04. The number of benzene rings is 3. The number of carbonyl (C=O) groups excluding carboxylic acids is 9. The van der Waals surface area contributed by atoms with Gasteiger partial charge in [0.1, 0.15) is 70.3 Å². The van der Waals surface area contributed by atoms with Gasteiger partial charge in [-0.25, -0.2) is 49.6 Å². The van der Waals surface area contributed by atoms with Crippen LogP contribution >= 0.6 is 0 Å². The number of hydrogen-bond donors (Lipinski definition) is 6. The van der Waals surface area contributed by atoms with Crippen LogP contribution in [-0.4, -0.2) is 231 Å². The third-order valence-electron chi connectivity index (χ3n) is 20.7. The largest absolute Gasteiger partial charge is 0.479 e. The van der Waals surface area contributed by atoms with Crippen LogP contribution in [0.3, 0.4) is 0 Å². The number of hydrogen-bond acceptors (Lipinski definition) is 21. The van der Waals surface area contributed by atoms with Gasteiger partial charge in [-0.2, -0.15) is 17.5 Å². The summed E-state index contributed by atoms with van der Waals surface area (Å²) in [6, 6.07) is 7.71.